The quantitative estimate of drug-likeness (QED) is 0.778. The van der Waals surface area contributed by atoms with E-state index >= 15 is 0 Å². The van der Waals surface area contributed by atoms with E-state index in [2.05, 4.69) is 46.7 Å². The van der Waals surface area contributed by atoms with Crippen molar-refractivity contribution in [3.8, 4) is 5.75 Å². The predicted octanol–water partition coefficient (Wildman–Crippen LogP) is 4.81. The van der Waals surface area contributed by atoms with E-state index in [1.54, 1.807) is 6.92 Å². The molecule has 0 radical (unpaired) electrons. The van der Waals surface area contributed by atoms with Crippen molar-refractivity contribution in [2.75, 3.05) is 0 Å². The summed E-state index contributed by atoms with van der Waals surface area (Å²) in [4.78, 5) is 10.8. The molecule has 3 nitrogen and oxygen atoms in total. The van der Waals surface area contributed by atoms with Crippen molar-refractivity contribution in [3.63, 3.8) is 0 Å². The first kappa shape index (κ1) is 15.7. The Labute approximate surface area is 116 Å². The molecule has 0 heterocycles. The summed E-state index contributed by atoms with van der Waals surface area (Å²) >= 11 is 0. The molecule has 3 heteroatoms. The maximum atomic E-state index is 10.8. The largest absolute Gasteiger partial charge is 0.507 e. The van der Waals surface area contributed by atoms with Gasteiger partial charge < -0.3 is 5.11 Å². The third kappa shape index (κ3) is 3.34. The molecule has 0 aliphatic rings. The summed E-state index contributed by atoms with van der Waals surface area (Å²) in [6.45, 7) is 14.1. The van der Waals surface area contributed by atoms with Crippen LogP contribution in [0.15, 0.2) is 17.3 Å². The second-order valence-corrected chi connectivity index (χ2v) is 7.25. The van der Waals surface area contributed by atoms with Gasteiger partial charge in [0.2, 0.25) is 0 Å². The Kier molecular flexibility index (Phi) is 4.08. The number of phenols is 1. The summed E-state index contributed by atoms with van der Waals surface area (Å²) in [5, 5.41) is 13.6. The molecule has 0 spiro atoms. The maximum absolute atomic E-state index is 10.8. The normalized spacial score (nSPS) is 14.3. The van der Waals surface area contributed by atoms with E-state index in [0.717, 1.165) is 16.7 Å². The SMILES string of the molecule is CC(N=O)c1cc(C(C)(C)C)c(O)c(C(C)(C)C)c1. The minimum atomic E-state index is -0.400. The monoisotopic (exact) mass is 263 g/mol. The number of nitrogens with zero attached hydrogens (tertiary/aromatic N) is 1. The van der Waals surface area contributed by atoms with Crippen LogP contribution in [0, 0.1) is 4.91 Å². The first-order chi connectivity index (χ1) is 8.48. The van der Waals surface area contributed by atoms with Gasteiger partial charge in [-0.1, -0.05) is 46.7 Å². The summed E-state index contributed by atoms with van der Waals surface area (Å²) in [5.41, 5.74) is 2.24. The van der Waals surface area contributed by atoms with E-state index in [1.165, 1.54) is 0 Å². The third-order valence-electron chi connectivity index (χ3n) is 3.39. The number of hydrogen-bond acceptors (Lipinski definition) is 3. The third-order valence-corrected chi connectivity index (χ3v) is 3.39. The van der Waals surface area contributed by atoms with E-state index in [0.29, 0.717) is 5.75 Å². The summed E-state index contributed by atoms with van der Waals surface area (Å²) in [6.07, 6.45) is 0. The van der Waals surface area contributed by atoms with Crippen LogP contribution in [0.1, 0.15) is 71.2 Å². The van der Waals surface area contributed by atoms with Gasteiger partial charge in [-0.05, 0) is 46.6 Å². The van der Waals surface area contributed by atoms with Gasteiger partial charge in [0.05, 0.1) is 0 Å². The molecule has 106 valence electrons. The van der Waals surface area contributed by atoms with Crippen molar-refractivity contribution in [2.45, 2.75) is 65.3 Å². The zero-order valence-electron chi connectivity index (χ0n) is 13.0. The predicted molar refractivity (Wildman–Crippen MR) is 79.7 cm³/mol. The Balaban J connectivity index is 3.62. The Morgan fingerprint density at radius 3 is 1.63 bits per heavy atom. The highest BCUT2D eigenvalue weighted by atomic mass is 16.3. The second kappa shape index (κ2) is 4.95. The number of benzene rings is 1. The molecule has 0 aromatic heterocycles. The van der Waals surface area contributed by atoms with Gasteiger partial charge in [0, 0.05) is 0 Å². The molecule has 0 amide bonds. The lowest BCUT2D eigenvalue weighted by molar-refractivity contribution is 0.422. The van der Waals surface area contributed by atoms with Crippen LogP contribution in [-0.2, 0) is 10.8 Å². The summed E-state index contributed by atoms with van der Waals surface area (Å²) in [7, 11) is 0. The second-order valence-electron chi connectivity index (χ2n) is 7.25. The summed E-state index contributed by atoms with van der Waals surface area (Å²) in [6, 6.07) is 3.40. The molecule has 1 rings (SSSR count). The van der Waals surface area contributed by atoms with Crippen molar-refractivity contribution < 1.29 is 5.11 Å². The fourth-order valence-corrected chi connectivity index (χ4v) is 2.10. The number of rotatable bonds is 2. The zero-order chi connectivity index (χ0) is 15.0. The topological polar surface area (TPSA) is 49.7 Å². The lowest BCUT2D eigenvalue weighted by atomic mass is 9.78. The smallest absolute Gasteiger partial charge is 0.123 e. The van der Waals surface area contributed by atoms with Crippen LogP contribution >= 0.6 is 0 Å². The van der Waals surface area contributed by atoms with Gasteiger partial charge >= 0.3 is 0 Å². The minimum Gasteiger partial charge on any atom is -0.507 e. The van der Waals surface area contributed by atoms with E-state index in [1.807, 2.05) is 12.1 Å². The molecule has 1 aromatic rings. The highest BCUT2D eigenvalue weighted by Crippen LogP contribution is 2.41. The fourth-order valence-electron chi connectivity index (χ4n) is 2.10. The molecular formula is C16H25NO2. The highest BCUT2D eigenvalue weighted by Gasteiger charge is 2.27. The zero-order valence-corrected chi connectivity index (χ0v) is 13.0. The van der Waals surface area contributed by atoms with Crippen molar-refractivity contribution in [3.05, 3.63) is 33.7 Å². The average molecular weight is 263 g/mol. The summed E-state index contributed by atoms with van der Waals surface area (Å²) in [5.74, 6) is 0.335. The fraction of sp³-hybridized carbons (Fsp3) is 0.625. The number of phenolic OH excluding ortho intramolecular Hbond substituents is 1. The first-order valence-corrected chi connectivity index (χ1v) is 6.69. The van der Waals surface area contributed by atoms with E-state index in [-0.39, 0.29) is 10.8 Å². The van der Waals surface area contributed by atoms with E-state index in [9.17, 15) is 10.0 Å². The van der Waals surface area contributed by atoms with Gasteiger partial charge in [0.1, 0.15) is 11.8 Å². The Hall–Kier alpha value is -1.38. The Morgan fingerprint density at radius 2 is 1.37 bits per heavy atom. The van der Waals surface area contributed by atoms with Crippen LogP contribution in [-0.4, -0.2) is 5.11 Å². The molecule has 0 fully saturated rings. The molecule has 1 unspecified atom stereocenters. The van der Waals surface area contributed by atoms with Crippen molar-refractivity contribution in [1.29, 1.82) is 0 Å². The number of nitroso groups, excluding NO2 is 1. The molecular weight excluding hydrogens is 238 g/mol. The maximum Gasteiger partial charge on any atom is 0.123 e. The van der Waals surface area contributed by atoms with Gasteiger partial charge in [-0.15, -0.1) is 0 Å². The lowest BCUT2D eigenvalue weighted by Crippen LogP contribution is -2.18. The Bertz CT molecular complexity index is 443. The van der Waals surface area contributed by atoms with Crippen LogP contribution in [0.5, 0.6) is 5.75 Å². The van der Waals surface area contributed by atoms with Crippen LogP contribution in [0.2, 0.25) is 0 Å². The molecule has 19 heavy (non-hydrogen) atoms. The van der Waals surface area contributed by atoms with Gasteiger partial charge in [-0.3, -0.25) is 0 Å². The molecule has 0 aliphatic heterocycles. The first-order valence-electron chi connectivity index (χ1n) is 6.69. The average Bonchev–Trinajstić information content (AvgIpc) is 2.25. The van der Waals surface area contributed by atoms with Crippen molar-refractivity contribution >= 4 is 0 Å². The van der Waals surface area contributed by atoms with E-state index < -0.39 is 6.04 Å². The Morgan fingerprint density at radius 1 is 1.00 bits per heavy atom. The number of hydrogen-bond donors (Lipinski definition) is 1. The van der Waals surface area contributed by atoms with Crippen LogP contribution in [0.25, 0.3) is 0 Å². The highest BCUT2D eigenvalue weighted by molar-refractivity contribution is 5.50. The van der Waals surface area contributed by atoms with Gasteiger partial charge in [-0.25, -0.2) is 0 Å². The molecule has 0 bridgehead atoms. The molecule has 0 aliphatic carbocycles. The number of aromatic hydroxyl groups is 1. The van der Waals surface area contributed by atoms with Gasteiger partial charge in [-0.2, -0.15) is 4.91 Å². The molecule has 1 N–H and O–H groups in total. The van der Waals surface area contributed by atoms with Crippen molar-refractivity contribution in [2.24, 2.45) is 5.18 Å². The van der Waals surface area contributed by atoms with Gasteiger partial charge in [0.25, 0.3) is 0 Å². The van der Waals surface area contributed by atoms with Crippen LogP contribution in [0.4, 0.5) is 0 Å². The minimum absolute atomic E-state index is 0.178. The molecule has 1 atom stereocenters. The van der Waals surface area contributed by atoms with Crippen LogP contribution in [0.3, 0.4) is 0 Å². The van der Waals surface area contributed by atoms with Crippen molar-refractivity contribution in [1.82, 2.24) is 0 Å². The van der Waals surface area contributed by atoms with E-state index in [4.69, 9.17) is 0 Å². The van der Waals surface area contributed by atoms with Gasteiger partial charge in [0.15, 0.2) is 0 Å². The molecule has 0 saturated carbocycles. The van der Waals surface area contributed by atoms with Crippen LogP contribution < -0.4 is 0 Å². The lowest BCUT2D eigenvalue weighted by Gasteiger charge is -2.28. The molecule has 0 saturated heterocycles. The molecule has 1 aromatic carbocycles. The summed E-state index contributed by atoms with van der Waals surface area (Å²) < 4.78 is 0. The standard InChI is InChI=1S/C16H25NO2/c1-10(17-19)11-8-12(15(2,3)4)14(18)13(9-11)16(5,6)7/h8-10,18H,1-7H3.